The predicted octanol–water partition coefficient (Wildman–Crippen LogP) is 2.02. The Morgan fingerprint density at radius 3 is 2.07 bits per heavy atom. The minimum absolute atomic E-state index is 0.152. The van der Waals surface area contributed by atoms with E-state index in [1.807, 2.05) is 24.3 Å². The van der Waals surface area contributed by atoms with Crippen LogP contribution in [0.5, 0.6) is 0 Å². The number of esters is 1. The number of hydrogen-bond donors (Lipinski definition) is 4. The molecule has 1 aromatic carbocycles. The fraction of sp³-hybridized carbons (Fsp3) is 0.0526. The molecule has 0 aliphatic heterocycles. The molecule has 0 amide bonds. The Bertz CT molecular complexity index is 1080. The van der Waals surface area contributed by atoms with E-state index in [9.17, 15) is 19.2 Å². The number of carboxylic acids is 2. The van der Waals surface area contributed by atoms with Gasteiger partial charge in [0, 0.05) is 35.0 Å². The van der Waals surface area contributed by atoms with E-state index in [2.05, 4.69) is 9.97 Å². The van der Waals surface area contributed by atoms with Crippen LogP contribution in [0.2, 0.25) is 0 Å². The number of aromatic amines is 2. The molecule has 0 aliphatic carbocycles. The molecular weight excluding hydrogens is 368 g/mol. The minimum atomic E-state index is -1.26. The lowest BCUT2D eigenvalue weighted by Gasteiger charge is -2.10. The lowest BCUT2D eigenvalue weighted by molar-refractivity contribution is -0.134. The Labute approximate surface area is 157 Å². The quantitative estimate of drug-likeness (QED) is 0.397. The minimum Gasteiger partial charge on any atom is -0.478 e. The molecule has 0 radical (unpaired) electrons. The Kier molecular flexibility index (Phi) is 6.48. The first kappa shape index (κ1) is 20.2. The van der Waals surface area contributed by atoms with Crippen LogP contribution in [0.15, 0.2) is 59.5 Å². The van der Waals surface area contributed by atoms with Crippen LogP contribution in [0.4, 0.5) is 0 Å². The van der Waals surface area contributed by atoms with E-state index in [0.717, 1.165) is 5.69 Å². The van der Waals surface area contributed by atoms with E-state index in [4.69, 9.17) is 14.9 Å². The Morgan fingerprint density at radius 1 is 0.964 bits per heavy atom. The number of H-pyrrole nitrogens is 2. The van der Waals surface area contributed by atoms with Crippen LogP contribution in [-0.2, 0) is 14.3 Å². The van der Waals surface area contributed by atoms with Crippen molar-refractivity contribution < 1.29 is 29.3 Å². The molecule has 0 unspecified atom stereocenters. The van der Waals surface area contributed by atoms with Gasteiger partial charge in [-0.2, -0.15) is 0 Å². The van der Waals surface area contributed by atoms with Crippen molar-refractivity contribution in [2.75, 3.05) is 7.11 Å². The molecule has 0 saturated heterocycles. The van der Waals surface area contributed by atoms with Crippen LogP contribution in [0.25, 0.3) is 22.0 Å². The summed E-state index contributed by atoms with van der Waals surface area (Å²) in [5, 5.41) is 16.9. The van der Waals surface area contributed by atoms with E-state index < -0.39 is 17.9 Å². The van der Waals surface area contributed by atoms with Gasteiger partial charge < -0.3 is 24.9 Å². The summed E-state index contributed by atoms with van der Waals surface area (Å²) in [5.41, 5.74) is 1.23. The zero-order chi connectivity index (χ0) is 20.7. The SMILES string of the molecule is COC(=O)c1[nH]c(=O)c2ccccc2c1-c1ccc[nH]1.O=C(O)/C=C/C(=O)O. The number of rotatable bonds is 4. The van der Waals surface area contributed by atoms with Gasteiger partial charge in [0.1, 0.15) is 5.69 Å². The van der Waals surface area contributed by atoms with Crippen LogP contribution in [0.1, 0.15) is 10.5 Å². The number of carboxylic acid groups (broad SMARTS) is 2. The van der Waals surface area contributed by atoms with Gasteiger partial charge in [0.25, 0.3) is 5.56 Å². The van der Waals surface area contributed by atoms with Crippen LogP contribution < -0.4 is 5.56 Å². The molecule has 0 saturated carbocycles. The number of hydrogen-bond acceptors (Lipinski definition) is 5. The van der Waals surface area contributed by atoms with Crippen LogP contribution >= 0.6 is 0 Å². The molecule has 144 valence electrons. The number of carbonyl (C=O) groups is 3. The molecule has 0 aliphatic rings. The number of fused-ring (bicyclic) bond motifs is 1. The van der Waals surface area contributed by atoms with E-state index in [1.165, 1.54) is 7.11 Å². The topological polar surface area (TPSA) is 150 Å². The molecule has 2 heterocycles. The first-order chi connectivity index (χ1) is 13.3. The van der Waals surface area contributed by atoms with E-state index in [0.29, 0.717) is 28.5 Å². The van der Waals surface area contributed by atoms with Gasteiger partial charge in [-0.05, 0) is 23.6 Å². The third-order valence-electron chi connectivity index (χ3n) is 3.55. The molecule has 0 bridgehead atoms. The molecule has 0 spiro atoms. The normalized spacial score (nSPS) is 10.3. The Hall–Kier alpha value is -4.14. The summed E-state index contributed by atoms with van der Waals surface area (Å²) in [6, 6.07) is 10.8. The average molecular weight is 384 g/mol. The first-order valence-corrected chi connectivity index (χ1v) is 7.86. The highest BCUT2D eigenvalue weighted by atomic mass is 16.5. The number of methoxy groups -OCH3 is 1. The van der Waals surface area contributed by atoms with Gasteiger partial charge in [-0.25, -0.2) is 14.4 Å². The van der Waals surface area contributed by atoms with Crippen molar-refractivity contribution in [1.29, 1.82) is 0 Å². The van der Waals surface area contributed by atoms with Crippen molar-refractivity contribution in [2.45, 2.75) is 0 Å². The number of nitrogens with one attached hydrogen (secondary N) is 2. The monoisotopic (exact) mass is 384 g/mol. The summed E-state index contributed by atoms with van der Waals surface area (Å²) < 4.78 is 4.76. The number of ether oxygens (including phenoxy) is 1. The summed E-state index contributed by atoms with van der Waals surface area (Å²) in [6.45, 7) is 0. The van der Waals surface area contributed by atoms with Crippen molar-refractivity contribution in [2.24, 2.45) is 0 Å². The van der Waals surface area contributed by atoms with E-state index >= 15 is 0 Å². The summed E-state index contributed by atoms with van der Waals surface area (Å²) in [4.78, 5) is 48.8. The van der Waals surface area contributed by atoms with Gasteiger partial charge >= 0.3 is 17.9 Å². The number of pyridine rings is 1. The van der Waals surface area contributed by atoms with Crippen molar-refractivity contribution >= 4 is 28.7 Å². The maximum atomic E-state index is 12.1. The number of aliphatic carboxylic acids is 2. The highest BCUT2D eigenvalue weighted by molar-refractivity contribution is 6.05. The fourth-order valence-corrected chi connectivity index (χ4v) is 2.44. The van der Waals surface area contributed by atoms with Gasteiger partial charge in [0.2, 0.25) is 0 Å². The third-order valence-corrected chi connectivity index (χ3v) is 3.55. The number of benzene rings is 1. The lowest BCUT2D eigenvalue weighted by Crippen LogP contribution is -2.16. The third kappa shape index (κ3) is 4.73. The van der Waals surface area contributed by atoms with Crippen molar-refractivity contribution in [3.8, 4) is 11.3 Å². The van der Waals surface area contributed by atoms with Crippen molar-refractivity contribution in [1.82, 2.24) is 9.97 Å². The molecular formula is C19H16N2O7. The molecule has 0 fully saturated rings. The summed E-state index contributed by atoms with van der Waals surface area (Å²) in [7, 11) is 1.29. The molecule has 0 atom stereocenters. The average Bonchev–Trinajstić information content (AvgIpc) is 3.20. The first-order valence-electron chi connectivity index (χ1n) is 7.86. The van der Waals surface area contributed by atoms with Gasteiger partial charge in [0.15, 0.2) is 0 Å². The standard InChI is InChI=1S/C15H12N2O3.C4H4O4/c1-20-15(19)13-12(11-7-4-8-16-11)9-5-2-3-6-10(9)14(18)17-13;5-3(6)1-2-4(7)8/h2-8,16H,1H3,(H,17,18);1-2H,(H,5,6)(H,7,8)/b;2-1+. The molecule has 3 aromatic rings. The largest absolute Gasteiger partial charge is 0.478 e. The van der Waals surface area contributed by atoms with Gasteiger partial charge in [-0.1, -0.05) is 18.2 Å². The maximum absolute atomic E-state index is 12.1. The summed E-state index contributed by atoms with van der Waals surface area (Å²) in [5.74, 6) is -3.09. The van der Waals surface area contributed by atoms with E-state index in [-0.39, 0.29) is 11.3 Å². The predicted molar refractivity (Wildman–Crippen MR) is 100 cm³/mol. The summed E-state index contributed by atoms with van der Waals surface area (Å²) in [6.07, 6.45) is 2.88. The second kappa shape index (κ2) is 8.99. The second-order valence-electron chi connectivity index (χ2n) is 5.33. The van der Waals surface area contributed by atoms with Crippen molar-refractivity contribution in [3.63, 3.8) is 0 Å². The van der Waals surface area contributed by atoms with E-state index in [1.54, 1.807) is 18.3 Å². The highest BCUT2D eigenvalue weighted by Crippen LogP contribution is 2.28. The second-order valence-corrected chi connectivity index (χ2v) is 5.33. The Balaban J connectivity index is 0.000000300. The fourth-order valence-electron chi connectivity index (χ4n) is 2.44. The number of aromatic nitrogens is 2. The lowest BCUT2D eigenvalue weighted by atomic mass is 10.0. The molecule has 4 N–H and O–H groups in total. The zero-order valence-electron chi connectivity index (χ0n) is 14.6. The highest BCUT2D eigenvalue weighted by Gasteiger charge is 2.19. The molecule has 9 heteroatoms. The molecule has 2 aromatic heterocycles. The van der Waals surface area contributed by atoms with Gasteiger partial charge in [-0.15, -0.1) is 0 Å². The van der Waals surface area contributed by atoms with Crippen LogP contribution in [0, 0.1) is 0 Å². The smallest absolute Gasteiger partial charge is 0.355 e. The molecule has 28 heavy (non-hydrogen) atoms. The van der Waals surface area contributed by atoms with Crippen LogP contribution in [0.3, 0.4) is 0 Å². The summed E-state index contributed by atoms with van der Waals surface area (Å²) >= 11 is 0. The maximum Gasteiger partial charge on any atom is 0.355 e. The van der Waals surface area contributed by atoms with Crippen molar-refractivity contribution in [3.05, 3.63) is 70.8 Å². The van der Waals surface area contributed by atoms with Crippen LogP contribution in [-0.4, -0.2) is 45.2 Å². The molecule has 9 nitrogen and oxygen atoms in total. The van der Waals surface area contributed by atoms with Gasteiger partial charge in [0.05, 0.1) is 7.11 Å². The zero-order valence-corrected chi connectivity index (χ0v) is 14.6. The number of carbonyl (C=O) groups excluding carboxylic acids is 1. The van der Waals surface area contributed by atoms with Gasteiger partial charge in [-0.3, -0.25) is 4.79 Å². The Morgan fingerprint density at radius 2 is 1.57 bits per heavy atom. The molecule has 3 rings (SSSR count).